The van der Waals surface area contributed by atoms with E-state index >= 15 is 0 Å². The first-order valence-corrected chi connectivity index (χ1v) is 7.67. The van der Waals surface area contributed by atoms with E-state index in [2.05, 4.69) is 15.2 Å². The van der Waals surface area contributed by atoms with Crippen LogP contribution in [0.25, 0.3) is 10.7 Å². The van der Waals surface area contributed by atoms with Crippen LogP contribution in [0.3, 0.4) is 0 Å². The number of hydrogen-bond donors (Lipinski definition) is 1. The van der Waals surface area contributed by atoms with Crippen molar-refractivity contribution in [2.75, 3.05) is 0 Å². The molecular formula is C9H13N5O2S2. The van der Waals surface area contributed by atoms with E-state index in [0.717, 1.165) is 4.88 Å². The van der Waals surface area contributed by atoms with Crippen molar-refractivity contribution in [2.24, 2.45) is 11.1 Å². The fourth-order valence-corrected chi connectivity index (χ4v) is 2.77. The van der Waals surface area contributed by atoms with Gasteiger partial charge in [-0.2, -0.15) is 0 Å². The zero-order valence-electron chi connectivity index (χ0n) is 9.94. The summed E-state index contributed by atoms with van der Waals surface area (Å²) in [5, 5.41) is 12.5. The Morgan fingerprint density at radius 2 is 2.17 bits per heavy atom. The molecule has 0 bridgehead atoms. The minimum atomic E-state index is -3.88. The summed E-state index contributed by atoms with van der Waals surface area (Å²) in [6, 6.07) is 0. The molecule has 0 aliphatic carbocycles. The number of thiazole rings is 1. The smallest absolute Gasteiger partial charge is 0.273 e. The molecule has 0 saturated heterocycles. The van der Waals surface area contributed by atoms with Gasteiger partial charge in [-0.3, -0.25) is 9.55 Å². The Balaban J connectivity index is 2.58. The Labute approximate surface area is 109 Å². The lowest BCUT2D eigenvalue weighted by Gasteiger charge is -2.10. The van der Waals surface area contributed by atoms with E-state index in [1.54, 1.807) is 11.7 Å². The third-order valence-electron chi connectivity index (χ3n) is 2.17. The predicted molar refractivity (Wildman–Crippen MR) is 67.3 cm³/mol. The molecule has 0 fully saturated rings. The number of hydrogen-bond acceptors (Lipinski definition) is 6. The number of aromatic nitrogens is 4. The molecule has 2 heterocycles. The van der Waals surface area contributed by atoms with Crippen LogP contribution >= 0.6 is 11.3 Å². The Morgan fingerprint density at radius 1 is 1.44 bits per heavy atom. The molecule has 9 heteroatoms. The second-order valence-electron chi connectivity index (χ2n) is 4.22. The monoisotopic (exact) mass is 287 g/mol. The Hall–Kier alpha value is -1.32. The molecule has 0 aromatic carbocycles. The van der Waals surface area contributed by atoms with Crippen LogP contribution < -0.4 is 5.14 Å². The summed E-state index contributed by atoms with van der Waals surface area (Å²) in [4.78, 5) is 4.71. The van der Waals surface area contributed by atoms with Crippen molar-refractivity contribution in [1.29, 1.82) is 0 Å². The molecule has 0 amide bonds. The second-order valence-corrected chi connectivity index (χ2v) is 6.56. The lowest BCUT2D eigenvalue weighted by Crippen LogP contribution is -2.20. The summed E-state index contributed by atoms with van der Waals surface area (Å²) < 4.78 is 24.4. The van der Waals surface area contributed by atoms with Gasteiger partial charge in [0, 0.05) is 12.7 Å². The molecular weight excluding hydrogens is 274 g/mol. The van der Waals surface area contributed by atoms with E-state index in [0.29, 0.717) is 12.4 Å². The van der Waals surface area contributed by atoms with Gasteiger partial charge in [-0.05, 0) is 5.92 Å². The van der Waals surface area contributed by atoms with Crippen molar-refractivity contribution < 1.29 is 8.42 Å². The highest BCUT2D eigenvalue weighted by atomic mass is 32.2. The maximum absolute atomic E-state index is 11.5. The molecule has 0 atom stereocenters. The predicted octanol–water partition coefficient (Wildman–Crippen LogP) is 0.705. The molecule has 18 heavy (non-hydrogen) atoms. The average Bonchev–Trinajstić information content (AvgIpc) is 2.81. The normalized spacial score (nSPS) is 12.2. The van der Waals surface area contributed by atoms with Crippen molar-refractivity contribution in [3.05, 3.63) is 11.7 Å². The standard InChI is InChI=1S/C9H13N5O2S2/c1-6(2)4-14-8(7-3-11-5-17-7)12-13-9(14)18(10,15)16/h3,5-6H,4H2,1-2H3,(H2,10,15,16). The fourth-order valence-electron chi connectivity index (χ4n) is 1.54. The van der Waals surface area contributed by atoms with Crippen molar-refractivity contribution in [3.8, 4) is 10.7 Å². The van der Waals surface area contributed by atoms with Gasteiger partial charge in [-0.1, -0.05) is 13.8 Å². The maximum atomic E-state index is 11.5. The van der Waals surface area contributed by atoms with Gasteiger partial charge in [0.25, 0.3) is 15.2 Å². The first-order valence-electron chi connectivity index (χ1n) is 5.24. The average molecular weight is 287 g/mol. The van der Waals surface area contributed by atoms with E-state index in [1.807, 2.05) is 13.8 Å². The number of nitrogens with zero attached hydrogens (tertiary/aromatic N) is 4. The molecule has 0 spiro atoms. The van der Waals surface area contributed by atoms with E-state index < -0.39 is 10.0 Å². The van der Waals surface area contributed by atoms with E-state index in [1.165, 1.54) is 15.9 Å². The molecule has 2 aromatic rings. The highest BCUT2D eigenvalue weighted by molar-refractivity contribution is 7.89. The Bertz CT molecular complexity index is 630. The van der Waals surface area contributed by atoms with Gasteiger partial charge in [-0.25, -0.2) is 13.6 Å². The van der Waals surface area contributed by atoms with Gasteiger partial charge in [0.05, 0.1) is 10.4 Å². The van der Waals surface area contributed by atoms with Crippen LogP contribution in [0.1, 0.15) is 13.8 Å². The van der Waals surface area contributed by atoms with Crippen LogP contribution in [0.4, 0.5) is 0 Å². The molecule has 0 aliphatic rings. The van der Waals surface area contributed by atoms with E-state index in [4.69, 9.17) is 5.14 Å². The van der Waals surface area contributed by atoms with Gasteiger partial charge in [0.15, 0.2) is 5.82 Å². The largest absolute Gasteiger partial charge is 0.296 e. The molecule has 7 nitrogen and oxygen atoms in total. The van der Waals surface area contributed by atoms with Gasteiger partial charge >= 0.3 is 0 Å². The first kappa shape index (κ1) is 13.1. The first-order chi connectivity index (χ1) is 8.39. The highest BCUT2D eigenvalue weighted by Gasteiger charge is 2.23. The van der Waals surface area contributed by atoms with Crippen molar-refractivity contribution in [2.45, 2.75) is 25.5 Å². The van der Waals surface area contributed by atoms with Crippen LogP contribution in [0, 0.1) is 5.92 Å². The summed E-state index contributed by atoms with van der Waals surface area (Å²) in [5.74, 6) is 0.725. The number of rotatable bonds is 4. The van der Waals surface area contributed by atoms with Gasteiger partial charge in [-0.15, -0.1) is 21.5 Å². The van der Waals surface area contributed by atoms with Gasteiger partial charge in [0.2, 0.25) is 0 Å². The maximum Gasteiger partial charge on any atom is 0.273 e. The SMILES string of the molecule is CC(C)Cn1c(-c2cncs2)nnc1S(N)(=O)=O. The second kappa shape index (κ2) is 4.75. The van der Waals surface area contributed by atoms with Gasteiger partial charge < -0.3 is 0 Å². The van der Waals surface area contributed by atoms with Crippen LogP contribution in [0.2, 0.25) is 0 Å². The minimum absolute atomic E-state index is 0.209. The quantitative estimate of drug-likeness (QED) is 0.891. The van der Waals surface area contributed by atoms with Crippen LogP contribution in [-0.2, 0) is 16.6 Å². The summed E-state index contributed by atoms with van der Waals surface area (Å²) >= 11 is 1.37. The lowest BCUT2D eigenvalue weighted by atomic mass is 10.2. The molecule has 0 unspecified atom stereocenters. The highest BCUT2D eigenvalue weighted by Crippen LogP contribution is 2.24. The number of primary sulfonamides is 1. The Kier molecular flexibility index (Phi) is 3.46. The zero-order valence-corrected chi connectivity index (χ0v) is 11.6. The van der Waals surface area contributed by atoms with Crippen molar-refractivity contribution >= 4 is 21.4 Å². The van der Waals surface area contributed by atoms with E-state index in [-0.39, 0.29) is 11.1 Å². The number of sulfonamides is 1. The zero-order chi connectivity index (χ0) is 13.3. The van der Waals surface area contributed by atoms with Crippen molar-refractivity contribution in [3.63, 3.8) is 0 Å². The third kappa shape index (κ3) is 2.57. The molecule has 2 rings (SSSR count). The minimum Gasteiger partial charge on any atom is -0.296 e. The summed E-state index contributed by atoms with van der Waals surface area (Å²) in [6.07, 6.45) is 1.62. The van der Waals surface area contributed by atoms with E-state index in [9.17, 15) is 8.42 Å². The molecule has 0 aliphatic heterocycles. The van der Waals surface area contributed by atoms with Crippen molar-refractivity contribution in [1.82, 2.24) is 19.7 Å². The van der Waals surface area contributed by atoms with Crippen LogP contribution in [-0.4, -0.2) is 28.2 Å². The third-order valence-corrected chi connectivity index (χ3v) is 3.75. The summed E-state index contributed by atoms with van der Waals surface area (Å²) in [5.41, 5.74) is 1.65. The molecule has 0 radical (unpaired) electrons. The van der Waals surface area contributed by atoms with Crippen LogP contribution in [0.5, 0.6) is 0 Å². The lowest BCUT2D eigenvalue weighted by molar-refractivity contribution is 0.486. The molecule has 0 saturated carbocycles. The topological polar surface area (TPSA) is 104 Å². The van der Waals surface area contributed by atoms with Gasteiger partial charge in [0.1, 0.15) is 0 Å². The molecule has 2 aromatic heterocycles. The molecule has 2 N–H and O–H groups in total. The summed E-state index contributed by atoms with van der Waals surface area (Å²) in [7, 11) is -3.88. The summed E-state index contributed by atoms with van der Waals surface area (Å²) in [6.45, 7) is 4.43. The molecule has 98 valence electrons. The Morgan fingerprint density at radius 3 is 2.67 bits per heavy atom. The van der Waals surface area contributed by atoms with Crippen LogP contribution in [0.15, 0.2) is 16.9 Å². The fraction of sp³-hybridized carbons (Fsp3) is 0.444. The number of nitrogens with two attached hydrogens (primary N) is 1.